The Morgan fingerprint density at radius 1 is 1.19 bits per heavy atom. The molecule has 206 valence electrons. The Morgan fingerprint density at radius 3 is 2.46 bits per heavy atom. The molecule has 0 spiro atoms. The number of likely N-dealkylation sites (N-methyl/N-ethyl adjacent to an activating group) is 1. The molecule has 4 rings (SSSR count). The Bertz CT molecular complexity index is 1030. The number of fused-ring (bicyclic) bond motifs is 1. The van der Waals surface area contributed by atoms with E-state index in [0.29, 0.717) is 46.3 Å². The van der Waals surface area contributed by atoms with Crippen LogP contribution in [-0.4, -0.2) is 115 Å². The van der Waals surface area contributed by atoms with Gasteiger partial charge in [-0.05, 0) is 63.7 Å². The van der Waals surface area contributed by atoms with E-state index in [2.05, 4.69) is 38.1 Å². The van der Waals surface area contributed by atoms with Gasteiger partial charge in [0.15, 0.2) is 5.75 Å². The Morgan fingerprint density at radius 2 is 1.81 bits per heavy atom. The zero-order valence-electron chi connectivity index (χ0n) is 22.7. The topological polar surface area (TPSA) is 84.4 Å². The van der Waals surface area contributed by atoms with E-state index < -0.39 is 5.60 Å². The highest BCUT2D eigenvalue weighted by Gasteiger charge is 2.37. The summed E-state index contributed by atoms with van der Waals surface area (Å²) in [6, 6.07) is 1.76. The van der Waals surface area contributed by atoms with Gasteiger partial charge in [0.05, 0.1) is 21.2 Å². The van der Waals surface area contributed by atoms with Crippen molar-refractivity contribution in [2.75, 3.05) is 64.8 Å². The van der Waals surface area contributed by atoms with Crippen LogP contribution in [0.25, 0.3) is 0 Å². The van der Waals surface area contributed by atoms with Gasteiger partial charge in [0.25, 0.3) is 0 Å². The average Bonchev–Trinajstić information content (AvgIpc) is 2.82. The Balaban J connectivity index is 1.52. The third-order valence-electron chi connectivity index (χ3n) is 7.18. The molecule has 11 heteroatoms. The van der Waals surface area contributed by atoms with Crippen molar-refractivity contribution in [1.82, 2.24) is 19.6 Å². The van der Waals surface area contributed by atoms with Crippen molar-refractivity contribution in [2.24, 2.45) is 0 Å². The molecule has 9 nitrogen and oxygen atoms in total. The predicted octanol–water partition coefficient (Wildman–Crippen LogP) is 4.18. The minimum atomic E-state index is -0.552. The molecule has 3 aliphatic rings. The number of hydrogen-bond acceptors (Lipinski definition) is 7. The molecule has 1 aromatic carbocycles. The zero-order chi connectivity index (χ0) is 27.1. The van der Waals surface area contributed by atoms with Crippen molar-refractivity contribution in [2.45, 2.75) is 58.3 Å². The first-order chi connectivity index (χ1) is 17.3. The van der Waals surface area contributed by atoms with Gasteiger partial charge in [0.2, 0.25) is 0 Å². The molecule has 0 aliphatic carbocycles. The first-order valence-corrected chi connectivity index (χ1v) is 14.2. The molecule has 2 fully saturated rings. The number of nitrogens with one attached hydrogen (secondary N) is 2. The molecular formula is C26H40BrClN6O3. The Kier molecular flexibility index (Phi) is 8.52. The summed E-state index contributed by atoms with van der Waals surface area (Å²) in [6.07, 6.45) is -0.316. The van der Waals surface area contributed by atoms with Gasteiger partial charge in [-0.2, -0.15) is 0 Å². The van der Waals surface area contributed by atoms with Crippen molar-refractivity contribution >= 4 is 45.1 Å². The van der Waals surface area contributed by atoms with Crippen molar-refractivity contribution in [1.29, 1.82) is 5.41 Å². The fraction of sp³-hybridized carbons (Fsp3) is 0.692. The van der Waals surface area contributed by atoms with Crippen LogP contribution in [-0.2, 0) is 4.74 Å². The highest BCUT2D eigenvalue weighted by atomic mass is 79.9. The van der Waals surface area contributed by atoms with Crippen LogP contribution in [0.1, 0.15) is 40.2 Å². The fourth-order valence-electron chi connectivity index (χ4n) is 5.11. The van der Waals surface area contributed by atoms with Crippen molar-refractivity contribution < 1.29 is 14.3 Å². The van der Waals surface area contributed by atoms with Crippen LogP contribution in [0.15, 0.2) is 10.5 Å². The molecule has 0 saturated carbocycles. The lowest BCUT2D eigenvalue weighted by Crippen LogP contribution is -2.60. The summed E-state index contributed by atoms with van der Waals surface area (Å²) in [5, 5.41) is 13.4. The molecular weight excluding hydrogens is 560 g/mol. The zero-order valence-corrected chi connectivity index (χ0v) is 25.1. The first-order valence-electron chi connectivity index (χ1n) is 13.0. The van der Waals surface area contributed by atoms with Gasteiger partial charge in [-0.1, -0.05) is 11.6 Å². The monoisotopic (exact) mass is 598 g/mol. The maximum absolute atomic E-state index is 12.8. The van der Waals surface area contributed by atoms with Crippen LogP contribution in [0, 0.1) is 5.41 Å². The van der Waals surface area contributed by atoms with Crippen LogP contribution in [0.5, 0.6) is 5.75 Å². The van der Waals surface area contributed by atoms with Crippen molar-refractivity contribution in [3.8, 4) is 5.75 Å². The summed E-state index contributed by atoms with van der Waals surface area (Å²) >= 11 is 10.2. The number of rotatable bonds is 3. The van der Waals surface area contributed by atoms with Gasteiger partial charge in [0, 0.05) is 63.5 Å². The second-order valence-corrected chi connectivity index (χ2v) is 12.7. The molecule has 2 N–H and O–H groups in total. The maximum atomic E-state index is 12.8. The molecule has 0 aromatic heterocycles. The van der Waals surface area contributed by atoms with Gasteiger partial charge in [0.1, 0.15) is 18.0 Å². The van der Waals surface area contributed by atoms with E-state index in [1.807, 2.05) is 45.6 Å². The van der Waals surface area contributed by atoms with E-state index >= 15 is 0 Å². The molecule has 37 heavy (non-hydrogen) atoms. The molecule has 2 saturated heterocycles. The number of anilines is 1. The number of nitrogens with zero attached hydrogens (tertiary/aromatic N) is 4. The van der Waals surface area contributed by atoms with Gasteiger partial charge >= 0.3 is 6.09 Å². The minimum absolute atomic E-state index is 0.0695. The Labute approximate surface area is 234 Å². The highest BCUT2D eigenvalue weighted by molar-refractivity contribution is 9.10. The van der Waals surface area contributed by atoms with Gasteiger partial charge < -0.3 is 29.5 Å². The lowest BCUT2D eigenvalue weighted by Gasteiger charge is -2.45. The minimum Gasteiger partial charge on any atom is -0.488 e. The second-order valence-electron chi connectivity index (χ2n) is 11.5. The van der Waals surface area contributed by atoms with E-state index in [4.69, 9.17) is 21.1 Å². The smallest absolute Gasteiger partial charge is 0.410 e. The van der Waals surface area contributed by atoms with Crippen LogP contribution >= 0.6 is 27.5 Å². The van der Waals surface area contributed by atoms with E-state index in [-0.39, 0.29) is 24.2 Å². The lowest BCUT2D eigenvalue weighted by atomic mass is 10.0. The standard InChI is InChI=1S/C26H40BrClN6O3/c1-16-13-34(25(35)37-26(3,4)5)17(2)12-33(16)24(29)19-11-20(28)21(27)23-22(19)30-18(15-36-23)14-32-9-7-31(6)8-10-32/h11,16-18,29-30H,7-10,12-15H2,1-6H3/t16-,17+,18-/m0/s1. The first kappa shape index (κ1) is 28.3. The number of amides is 1. The molecule has 3 heterocycles. The van der Waals surface area contributed by atoms with Gasteiger partial charge in [-0.15, -0.1) is 0 Å². The highest BCUT2D eigenvalue weighted by Crippen LogP contribution is 2.44. The SMILES string of the molecule is C[C@@H]1CN(C(=N)c2cc(Cl)c(Br)c3c2N[C@@H](CN2CCN(C)CC2)CO3)[C@@H](C)CN1C(=O)OC(C)(C)C. The molecule has 0 unspecified atom stereocenters. The predicted molar refractivity (Wildman–Crippen MR) is 151 cm³/mol. The van der Waals surface area contributed by atoms with Crippen LogP contribution in [0.2, 0.25) is 5.02 Å². The third kappa shape index (κ3) is 6.46. The summed E-state index contributed by atoms with van der Waals surface area (Å²) in [5.41, 5.74) is 0.945. The number of carbonyl (C=O) groups excluding carboxylic acids is 1. The molecule has 3 aliphatic heterocycles. The van der Waals surface area contributed by atoms with Crippen LogP contribution in [0.3, 0.4) is 0 Å². The quantitative estimate of drug-likeness (QED) is 0.398. The largest absolute Gasteiger partial charge is 0.488 e. The molecule has 0 radical (unpaired) electrons. The van der Waals surface area contributed by atoms with Crippen molar-refractivity contribution in [3.63, 3.8) is 0 Å². The number of piperazine rings is 2. The van der Waals surface area contributed by atoms with Crippen LogP contribution < -0.4 is 10.1 Å². The van der Waals surface area contributed by atoms with Gasteiger partial charge in [-0.3, -0.25) is 10.3 Å². The Hall–Kier alpha value is -1.75. The summed E-state index contributed by atoms with van der Waals surface area (Å²) in [5.74, 6) is 1.01. The maximum Gasteiger partial charge on any atom is 0.410 e. The van der Waals surface area contributed by atoms with Crippen molar-refractivity contribution in [3.05, 3.63) is 21.1 Å². The summed E-state index contributed by atoms with van der Waals surface area (Å²) in [4.78, 5) is 21.4. The summed E-state index contributed by atoms with van der Waals surface area (Å²) in [6.45, 7) is 16.2. The fourth-order valence-corrected chi connectivity index (χ4v) is 5.73. The molecule has 1 amide bonds. The van der Waals surface area contributed by atoms with Gasteiger partial charge in [-0.25, -0.2) is 4.79 Å². The average molecular weight is 600 g/mol. The molecule has 0 bridgehead atoms. The van der Waals surface area contributed by atoms with E-state index in [1.165, 1.54) is 0 Å². The number of hydrogen-bond donors (Lipinski definition) is 2. The van der Waals surface area contributed by atoms with Crippen LogP contribution in [0.4, 0.5) is 10.5 Å². The summed E-state index contributed by atoms with van der Waals surface area (Å²) in [7, 11) is 2.16. The van der Waals surface area contributed by atoms with E-state index in [9.17, 15) is 10.2 Å². The number of ether oxygens (including phenoxy) is 2. The van der Waals surface area contributed by atoms with E-state index in [0.717, 1.165) is 38.4 Å². The molecule has 1 aromatic rings. The number of halogens is 2. The number of amidine groups is 1. The summed E-state index contributed by atoms with van der Waals surface area (Å²) < 4.78 is 12.5. The number of carbonyl (C=O) groups is 1. The molecule has 3 atom stereocenters. The number of benzene rings is 1. The second kappa shape index (κ2) is 11.2. The lowest BCUT2D eigenvalue weighted by molar-refractivity contribution is 0.000411. The normalized spacial score (nSPS) is 25.2. The van der Waals surface area contributed by atoms with E-state index in [1.54, 1.807) is 4.90 Å². The third-order valence-corrected chi connectivity index (χ3v) is 8.50.